The first-order valence-electron chi connectivity index (χ1n) is 5.79. The topological polar surface area (TPSA) is 29.1 Å². The zero-order valence-electron chi connectivity index (χ0n) is 9.72. The standard InChI is InChI=1S/C13H15Br2NO/c1-2-13(5-6-13)8-16-12(17)10-4-3-9(14)7-11(10)15/h3-4,7H,2,5-6,8H2,1H3,(H,16,17). The summed E-state index contributed by atoms with van der Waals surface area (Å²) >= 11 is 6.79. The van der Waals surface area contributed by atoms with Crippen LogP contribution >= 0.6 is 31.9 Å². The quantitative estimate of drug-likeness (QED) is 0.859. The Kier molecular flexibility index (Phi) is 3.93. The highest BCUT2D eigenvalue weighted by Crippen LogP contribution is 2.47. The van der Waals surface area contributed by atoms with Crippen LogP contribution in [0.1, 0.15) is 36.5 Å². The molecule has 0 atom stereocenters. The fourth-order valence-electron chi connectivity index (χ4n) is 1.87. The number of amides is 1. The summed E-state index contributed by atoms with van der Waals surface area (Å²) < 4.78 is 1.79. The third kappa shape index (κ3) is 3.10. The van der Waals surface area contributed by atoms with E-state index < -0.39 is 0 Å². The highest BCUT2D eigenvalue weighted by atomic mass is 79.9. The molecule has 1 aromatic carbocycles. The van der Waals surface area contributed by atoms with E-state index in [1.54, 1.807) is 0 Å². The lowest BCUT2D eigenvalue weighted by molar-refractivity contribution is 0.0943. The molecule has 0 saturated heterocycles. The second kappa shape index (κ2) is 5.11. The zero-order chi connectivity index (χ0) is 12.5. The van der Waals surface area contributed by atoms with E-state index in [9.17, 15) is 4.79 Å². The molecule has 0 unspecified atom stereocenters. The van der Waals surface area contributed by atoms with Gasteiger partial charge in [-0.3, -0.25) is 4.79 Å². The Bertz CT molecular complexity index is 441. The van der Waals surface area contributed by atoms with Crippen molar-refractivity contribution in [2.75, 3.05) is 6.54 Å². The van der Waals surface area contributed by atoms with Gasteiger partial charge in [-0.2, -0.15) is 0 Å². The van der Waals surface area contributed by atoms with Crippen molar-refractivity contribution in [2.24, 2.45) is 5.41 Å². The van der Waals surface area contributed by atoms with E-state index in [2.05, 4.69) is 44.1 Å². The van der Waals surface area contributed by atoms with Crippen LogP contribution in [0.25, 0.3) is 0 Å². The van der Waals surface area contributed by atoms with Crippen LogP contribution in [0, 0.1) is 5.41 Å². The molecule has 1 N–H and O–H groups in total. The summed E-state index contributed by atoms with van der Waals surface area (Å²) in [4.78, 5) is 12.0. The molecule has 2 rings (SSSR count). The van der Waals surface area contributed by atoms with Crippen LogP contribution in [0.4, 0.5) is 0 Å². The van der Waals surface area contributed by atoms with E-state index in [1.807, 2.05) is 18.2 Å². The van der Waals surface area contributed by atoms with Gasteiger partial charge in [-0.15, -0.1) is 0 Å². The average molecular weight is 361 g/mol. The van der Waals surface area contributed by atoms with Gasteiger partial charge < -0.3 is 5.32 Å². The molecule has 1 aromatic rings. The van der Waals surface area contributed by atoms with Gasteiger partial charge in [-0.1, -0.05) is 22.9 Å². The highest BCUT2D eigenvalue weighted by Gasteiger charge is 2.40. The Hall–Kier alpha value is -0.350. The molecule has 17 heavy (non-hydrogen) atoms. The Labute approximate surface area is 118 Å². The number of carbonyl (C=O) groups excluding carboxylic acids is 1. The van der Waals surface area contributed by atoms with Crippen molar-refractivity contribution in [3.63, 3.8) is 0 Å². The molecule has 92 valence electrons. The summed E-state index contributed by atoms with van der Waals surface area (Å²) in [6.07, 6.45) is 3.63. The number of hydrogen-bond acceptors (Lipinski definition) is 1. The smallest absolute Gasteiger partial charge is 0.252 e. The Morgan fingerprint density at radius 1 is 1.41 bits per heavy atom. The second-order valence-electron chi connectivity index (χ2n) is 4.66. The molecule has 1 amide bonds. The third-order valence-electron chi connectivity index (χ3n) is 3.51. The van der Waals surface area contributed by atoms with Gasteiger partial charge >= 0.3 is 0 Å². The van der Waals surface area contributed by atoms with Crippen LogP contribution < -0.4 is 5.32 Å². The molecule has 1 aliphatic carbocycles. The highest BCUT2D eigenvalue weighted by molar-refractivity contribution is 9.11. The van der Waals surface area contributed by atoms with Crippen LogP contribution in [-0.2, 0) is 0 Å². The minimum atomic E-state index is 0.00380. The Morgan fingerprint density at radius 3 is 2.65 bits per heavy atom. The molecule has 2 nitrogen and oxygen atoms in total. The summed E-state index contributed by atoms with van der Waals surface area (Å²) in [7, 11) is 0. The Morgan fingerprint density at radius 2 is 2.12 bits per heavy atom. The summed E-state index contributed by atoms with van der Waals surface area (Å²) in [6.45, 7) is 2.99. The fourth-order valence-corrected chi connectivity index (χ4v) is 3.10. The number of benzene rings is 1. The monoisotopic (exact) mass is 359 g/mol. The van der Waals surface area contributed by atoms with Crippen molar-refractivity contribution in [3.05, 3.63) is 32.7 Å². The van der Waals surface area contributed by atoms with Gasteiger partial charge in [-0.25, -0.2) is 0 Å². The maximum absolute atomic E-state index is 12.0. The third-order valence-corrected chi connectivity index (χ3v) is 4.66. The van der Waals surface area contributed by atoms with Gasteiger partial charge in [0.1, 0.15) is 0 Å². The molecule has 4 heteroatoms. The number of nitrogens with one attached hydrogen (secondary N) is 1. The summed E-state index contributed by atoms with van der Waals surface area (Å²) in [6, 6.07) is 5.60. The average Bonchev–Trinajstić information content (AvgIpc) is 3.07. The number of carbonyl (C=O) groups is 1. The molecule has 0 aliphatic heterocycles. The minimum Gasteiger partial charge on any atom is -0.351 e. The second-order valence-corrected chi connectivity index (χ2v) is 6.43. The molecule has 0 radical (unpaired) electrons. The van der Waals surface area contributed by atoms with Crippen LogP contribution in [0.5, 0.6) is 0 Å². The van der Waals surface area contributed by atoms with E-state index in [4.69, 9.17) is 0 Å². The van der Waals surface area contributed by atoms with E-state index in [1.165, 1.54) is 12.8 Å². The molecule has 1 saturated carbocycles. The number of rotatable bonds is 4. The summed E-state index contributed by atoms with van der Waals surface area (Å²) in [5.74, 6) is 0.00380. The number of halogens is 2. The predicted octanol–water partition coefficient (Wildman–Crippen LogP) is 4.13. The van der Waals surface area contributed by atoms with Crippen molar-refractivity contribution in [1.29, 1.82) is 0 Å². The molecule has 0 spiro atoms. The van der Waals surface area contributed by atoms with Crippen molar-refractivity contribution >= 4 is 37.8 Å². The maximum Gasteiger partial charge on any atom is 0.252 e. The molecule has 0 aromatic heterocycles. The molecule has 1 aliphatic rings. The lowest BCUT2D eigenvalue weighted by Crippen LogP contribution is -2.30. The van der Waals surface area contributed by atoms with Crippen LogP contribution in [0.15, 0.2) is 27.1 Å². The van der Waals surface area contributed by atoms with Gasteiger partial charge in [0, 0.05) is 15.5 Å². The first kappa shape index (κ1) is 13.1. The van der Waals surface area contributed by atoms with E-state index >= 15 is 0 Å². The molecule has 0 heterocycles. The molecule has 1 fully saturated rings. The van der Waals surface area contributed by atoms with Gasteiger partial charge in [0.25, 0.3) is 5.91 Å². The Balaban J connectivity index is 2.00. The van der Waals surface area contributed by atoms with Crippen molar-refractivity contribution in [2.45, 2.75) is 26.2 Å². The SMILES string of the molecule is CCC1(CNC(=O)c2ccc(Br)cc2Br)CC1. The predicted molar refractivity (Wildman–Crippen MR) is 76.1 cm³/mol. The molecular formula is C13H15Br2NO. The van der Waals surface area contributed by atoms with E-state index in [-0.39, 0.29) is 5.91 Å². The van der Waals surface area contributed by atoms with Gasteiger partial charge in [0.15, 0.2) is 0 Å². The van der Waals surface area contributed by atoms with E-state index in [0.717, 1.165) is 21.9 Å². The largest absolute Gasteiger partial charge is 0.351 e. The summed E-state index contributed by atoms with van der Waals surface area (Å²) in [5.41, 5.74) is 1.08. The minimum absolute atomic E-state index is 0.00380. The lowest BCUT2D eigenvalue weighted by atomic mass is 10.0. The summed E-state index contributed by atoms with van der Waals surface area (Å²) in [5, 5.41) is 3.03. The normalized spacial score (nSPS) is 16.6. The van der Waals surface area contributed by atoms with Crippen LogP contribution in [0.3, 0.4) is 0 Å². The first-order chi connectivity index (χ1) is 8.06. The molecular weight excluding hydrogens is 346 g/mol. The maximum atomic E-state index is 12.0. The van der Waals surface area contributed by atoms with E-state index in [0.29, 0.717) is 11.0 Å². The zero-order valence-corrected chi connectivity index (χ0v) is 12.9. The number of hydrogen-bond donors (Lipinski definition) is 1. The van der Waals surface area contributed by atoms with Crippen molar-refractivity contribution in [1.82, 2.24) is 5.32 Å². The van der Waals surface area contributed by atoms with Gasteiger partial charge in [-0.05, 0) is 58.8 Å². The lowest BCUT2D eigenvalue weighted by Gasteiger charge is -2.14. The van der Waals surface area contributed by atoms with Crippen LogP contribution in [0.2, 0.25) is 0 Å². The van der Waals surface area contributed by atoms with Crippen molar-refractivity contribution < 1.29 is 4.79 Å². The van der Waals surface area contributed by atoms with Gasteiger partial charge in [0.2, 0.25) is 0 Å². The van der Waals surface area contributed by atoms with Crippen molar-refractivity contribution in [3.8, 4) is 0 Å². The molecule has 0 bridgehead atoms. The van der Waals surface area contributed by atoms with Crippen LogP contribution in [-0.4, -0.2) is 12.5 Å². The fraction of sp³-hybridized carbons (Fsp3) is 0.462. The first-order valence-corrected chi connectivity index (χ1v) is 7.38. The van der Waals surface area contributed by atoms with Gasteiger partial charge in [0.05, 0.1) is 5.56 Å².